The quantitative estimate of drug-likeness (QED) is 0.428. The Kier molecular flexibility index (Phi) is 4.55. The second-order valence-electron chi connectivity index (χ2n) is 7.62. The summed E-state index contributed by atoms with van der Waals surface area (Å²) in [6, 6.07) is 17.2. The molecule has 1 atom stereocenters. The number of benzene rings is 3. The van der Waals surface area contributed by atoms with E-state index in [1.54, 1.807) is 64.1 Å². The maximum atomic E-state index is 14.1. The van der Waals surface area contributed by atoms with Crippen molar-refractivity contribution in [2.24, 2.45) is 0 Å². The molecule has 0 radical (unpaired) electrons. The van der Waals surface area contributed by atoms with Gasteiger partial charge in [0, 0.05) is 11.6 Å². The van der Waals surface area contributed by atoms with Gasteiger partial charge in [0.15, 0.2) is 0 Å². The number of rotatable bonds is 5. The summed E-state index contributed by atoms with van der Waals surface area (Å²) >= 11 is 0. The summed E-state index contributed by atoms with van der Waals surface area (Å²) in [6.07, 6.45) is 3.32. The smallest absolute Gasteiger partial charge is 0.136 e. The van der Waals surface area contributed by atoms with Crippen LogP contribution in [0.4, 0.5) is 13.2 Å². The molecule has 0 aliphatic carbocycles. The molecule has 0 fully saturated rings. The molecule has 0 bridgehead atoms. The molecule has 2 aromatic heterocycles. The molecule has 0 amide bonds. The predicted molar refractivity (Wildman–Crippen MR) is 113 cm³/mol. The van der Waals surface area contributed by atoms with Crippen molar-refractivity contribution in [1.29, 1.82) is 0 Å². The van der Waals surface area contributed by atoms with Crippen molar-refractivity contribution < 1.29 is 18.3 Å². The van der Waals surface area contributed by atoms with Gasteiger partial charge in [-0.2, -0.15) is 5.10 Å². The number of hydrogen-bond donors (Lipinski definition) is 1. The van der Waals surface area contributed by atoms with E-state index in [1.165, 1.54) is 24.3 Å². The highest BCUT2D eigenvalue weighted by molar-refractivity contribution is 5.82. The molecule has 31 heavy (non-hydrogen) atoms. The van der Waals surface area contributed by atoms with Crippen LogP contribution in [0.1, 0.15) is 5.56 Å². The lowest BCUT2D eigenvalue weighted by Gasteiger charge is -2.26. The van der Waals surface area contributed by atoms with Crippen molar-refractivity contribution in [2.75, 3.05) is 6.67 Å². The third-order valence-corrected chi connectivity index (χ3v) is 5.57. The first-order chi connectivity index (χ1) is 15.0. The lowest BCUT2D eigenvalue weighted by Crippen LogP contribution is -2.33. The first-order valence-corrected chi connectivity index (χ1v) is 9.74. The summed E-state index contributed by atoms with van der Waals surface area (Å²) in [5.74, 6) is -0.737. The van der Waals surface area contributed by atoms with E-state index in [-0.39, 0.29) is 12.4 Å². The molecular weight excluding hydrogens is 403 g/mol. The van der Waals surface area contributed by atoms with E-state index >= 15 is 0 Å². The summed E-state index contributed by atoms with van der Waals surface area (Å²) in [5.41, 5.74) is 0.594. The van der Waals surface area contributed by atoms with Gasteiger partial charge in [-0.1, -0.05) is 6.07 Å². The second kappa shape index (κ2) is 7.28. The lowest BCUT2D eigenvalue weighted by atomic mass is 9.94. The maximum absolute atomic E-state index is 14.1. The number of halogens is 3. The third-order valence-electron chi connectivity index (χ3n) is 5.57. The Morgan fingerprint density at radius 2 is 1.61 bits per heavy atom. The fourth-order valence-electron chi connectivity index (χ4n) is 3.90. The zero-order valence-electron chi connectivity index (χ0n) is 16.3. The van der Waals surface area contributed by atoms with Gasteiger partial charge in [0.25, 0.3) is 0 Å². The van der Waals surface area contributed by atoms with E-state index < -0.39 is 18.1 Å². The maximum Gasteiger partial charge on any atom is 0.136 e. The zero-order valence-corrected chi connectivity index (χ0v) is 16.3. The molecule has 1 unspecified atom stereocenters. The number of aromatic nitrogens is 3. The highest BCUT2D eigenvalue weighted by Gasteiger charge is 2.31. The Morgan fingerprint density at radius 1 is 0.839 bits per heavy atom. The standard InChI is InChI=1S/C24H18F3N3O/c25-14-24(31,15-29-10-9-16-1-3-20(27)12-23(16)29)18-2-8-22-17(11-18)13-28-30(22)21-6-4-19(26)5-7-21/h1-13,31H,14-15H2. The molecule has 156 valence electrons. The fourth-order valence-corrected chi connectivity index (χ4v) is 3.90. The molecule has 4 nitrogen and oxygen atoms in total. The van der Waals surface area contributed by atoms with Crippen LogP contribution in [0, 0.1) is 11.6 Å². The van der Waals surface area contributed by atoms with Gasteiger partial charge in [0.1, 0.15) is 23.9 Å². The molecule has 0 saturated carbocycles. The van der Waals surface area contributed by atoms with E-state index in [0.29, 0.717) is 22.2 Å². The van der Waals surface area contributed by atoms with Crippen LogP contribution in [0.25, 0.3) is 27.5 Å². The Hall–Kier alpha value is -3.58. The summed E-state index contributed by atoms with van der Waals surface area (Å²) < 4.78 is 44.3. The molecule has 5 aromatic rings. The Balaban J connectivity index is 1.53. The van der Waals surface area contributed by atoms with Crippen molar-refractivity contribution in [1.82, 2.24) is 14.3 Å². The minimum Gasteiger partial charge on any atom is -0.381 e. The molecular formula is C24H18F3N3O. The average Bonchev–Trinajstić information content (AvgIpc) is 3.38. The summed E-state index contributed by atoms with van der Waals surface area (Å²) in [4.78, 5) is 0. The molecule has 1 N–H and O–H groups in total. The number of fused-ring (bicyclic) bond motifs is 2. The van der Waals surface area contributed by atoms with Gasteiger partial charge < -0.3 is 9.67 Å². The lowest BCUT2D eigenvalue weighted by molar-refractivity contribution is -0.00416. The fraction of sp³-hybridized carbons (Fsp3) is 0.125. The number of nitrogens with zero attached hydrogens (tertiary/aromatic N) is 3. The van der Waals surface area contributed by atoms with Crippen LogP contribution in [0.2, 0.25) is 0 Å². The van der Waals surface area contributed by atoms with Gasteiger partial charge in [0.05, 0.1) is 29.5 Å². The zero-order chi connectivity index (χ0) is 21.6. The summed E-state index contributed by atoms with van der Waals surface area (Å²) in [6.45, 7) is -1.09. The van der Waals surface area contributed by atoms with E-state index in [1.807, 2.05) is 0 Å². The van der Waals surface area contributed by atoms with Gasteiger partial charge in [-0.05, 0) is 71.6 Å². The van der Waals surface area contributed by atoms with Gasteiger partial charge in [0.2, 0.25) is 0 Å². The van der Waals surface area contributed by atoms with Crippen LogP contribution >= 0.6 is 0 Å². The molecule has 5 rings (SSSR count). The molecule has 0 aliphatic heterocycles. The number of alkyl halides is 1. The molecule has 3 aromatic carbocycles. The highest BCUT2D eigenvalue weighted by atomic mass is 19.1. The van der Waals surface area contributed by atoms with Crippen LogP contribution < -0.4 is 0 Å². The van der Waals surface area contributed by atoms with Gasteiger partial charge in [-0.15, -0.1) is 0 Å². The topological polar surface area (TPSA) is 43.0 Å². The molecule has 2 heterocycles. The molecule has 7 heteroatoms. The highest BCUT2D eigenvalue weighted by Crippen LogP contribution is 2.30. The van der Waals surface area contributed by atoms with Crippen LogP contribution in [0.5, 0.6) is 0 Å². The first kappa shape index (κ1) is 19.4. The van der Waals surface area contributed by atoms with Crippen molar-refractivity contribution >= 4 is 21.8 Å². The van der Waals surface area contributed by atoms with Crippen LogP contribution in [0.15, 0.2) is 79.1 Å². The van der Waals surface area contributed by atoms with E-state index in [4.69, 9.17) is 0 Å². The van der Waals surface area contributed by atoms with Crippen molar-refractivity contribution in [2.45, 2.75) is 12.1 Å². The monoisotopic (exact) mass is 421 g/mol. The third kappa shape index (κ3) is 3.37. The number of hydrogen-bond acceptors (Lipinski definition) is 2. The predicted octanol–water partition coefficient (Wildman–Crippen LogP) is 5.12. The summed E-state index contributed by atoms with van der Waals surface area (Å²) in [7, 11) is 0. The van der Waals surface area contributed by atoms with E-state index in [2.05, 4.69) is 5.10 Å². The minimum absolute atomic E-state index is 0.0753. The van der Waals surface area contributed by atoms with Crippen molar-refractivity contribution in [3.63, 3.8) is 0 Å². The molecule has 0 aliphatic rings. The van der Waals surface area contributed by atoms with E-state index in [9.17, 15) is 18.3 Å². The van der Waals surface area contributed by atoms with Gasteiger partial charge in [-0.25, -0.2) is 17.9 Å². The number of aliphatic hydroxyl groups is 1. The SMILES string of the molecule is OC(CF)(Cn1ccc2ccc(F)cc21)c1ccc2c(cnn2-c2ccc(F)cc2)c1. The Bertz CT molecular complexity index is 1390. The van der Waals surface area contributed by atoms with Crippen LogP contribution in [-0.2, 0) is 12.1 Å². The molecule has 0 spiro atoms. The van der Waals surface area contributed by atoms with Gasteiger partial charge >= 0.3 is 0 Å². The Labute approximate surface area is 175 Å². The Morgan fingerprint density at radius 3 is 2.39 bits per heavy atom. The van der Waals surface area contributed by atoms with Crippen molar-refractivity contribution in [3.05, 3.63) is 96.3 Å². The molecule has 0 saturated heterocycles. The van der Waals surface area contributed by atoms with Crippen LogP contribution in [-0.4, -0.2) is 26.1 Å². The second-order valence-corrected chi connectivity index (χ2v) is 7.62. The largest absolute Gasteiger partial charge is 0.381 e. The van der Waals surface area contributed by atoms with Crippen molar-refractivity contribution in [3.8, 4) is 5.69 Å². The van der Waals surface area contributed by atoms with Gasteiger partial charge in [-0.3, -0.25) is 0 Å². The van der Waals surface area contributed by atoms with E-state index in [0.717, 1.165) is 10.9 Å². The van der Waals surface area contributed by atoms with Crippen LogP contribution in [0.3, 0.4) is 0 Å². The first-order valence-electron chi connectivity index (χ1n) is 9.74. The minimum atomic E-state index is -1.80. The normalized spacial score (nSPS) is 13.7. The average molecular weight is 421 g/mol. The summed E-state index contributed by atoms with van der Waals surface area (Å²) in [5, 5.41) is 17.0.